The third-order valence-electron chi connectivity index (χ3n) is 16.7. The second-order valence-electron chi connectivity index (χ2n) is 20.1. The van der Waals surface area contributed by atoms with Crippen LogP contribution in [-0.4, -0.2) is 138 Å². The lowest BCUT2D eigenvalue weighted by molar-refractivity contribution is -0.338. The Morgan fingerprint density at radius 3 is 1.85 bits per heavy atom. The van der Waals surface area contributed by atoms with E-state index >= 15 is 0 Å². The molecule has 6 fully saturated rings. The van der Waals surface area contributed by atoms with E-state index < -0.39 is 86.3 Å². The van der Waals surface area contributed by atoms with Crippen LogP contribution in [0, 0.1) is 45.3 Å². The minimum absolute atomic E-state index is 0.104. The van der Waals surface area contributed by atoms with Crippen LogP contribution in [0.15, 0.2) is 11.6 Å². The summed E-state index contributed by atoms with van der Waals surface area (Å²) in [5.74, 6) is 0.196. The molecule has 20 atom stereocenters. The number of ether oxygens (including phenoxy) is 4. The number of aliphatic hydroxyl groups is 9. The van der Waals surface area contributed by atoms with E-state index in [-0.39, 0.29) is 51.4 Å². The highest BCUT2D eigenvalue weighted by Gasteiger charge is 2.72. The number of allylic oxidation sites excluding steroid dienone is 2. The largest absolute Gasteiger partial charge is 0.394 e. The van der Waals surface area contributed by atoms with Crippen molar-refractivity contribution < 1.29 is 64.9 Å². The quantitative estimate of drug-likeness (QED) is 0.115. The van der Waals surface area contributed by atoms with Crippen molar-refractivity contribution in [1.29, 1.82) is 0 Å². The first-order chi connectivity index (χ1) is 25.6. The summed E-state index contributed by atoms with van der Waals surface area (Å²) in [6.45, 7) is 16.6. The molecule has 0 unspecified atom stereocenters. The van der Waals surface area contributed by atoms with Crippen LogP contribution in [0.1, 0.15) is 113 Å². The van der Waals surface area contributed by atoms with Gasteiger partial charge in [-0.3, -0.25) is 0 Å². The molecule has 0 bridgehead atoms. The zero-order valence-electron chi connectivity index (χ0n) is 34.3. The number of rotatable bonds is 10. The van der Waals surface area contributed by atoms with Gasteiger partial charge in [0.15, 0.2) is 12.6 Å². The molecule has 6 aliphatic rings. The average Bonchev–Trinajstić information content (AvgIpc) is 3.51. The van der Waals surface area contributed by atoms with Crippen LogP contribution in [0.2, 0.25) is 0 Å². The Labute approximate surface area is 327 Å². The maximum absolute atomic E-state index is 12.5. The Morgan fingerprint density at radius 2 is 1.27 bits per heavy atom. The molecule has 4 aliphatic carbocycles. The van der Waals surface area contributed by atoms with Gasteiger partial charge in [0, 0.05) is 0 Å². The molecule has 13 heteroatoms. The van der Waals surface area contributed by atoms with Gasteiger partial charge in [0.2, 0.25) is 0 Å². The van der Waals surface area contributed by atoms with Crippen molar-refractivity contribution in [2.24, 2.45) is 45.3 Å². The van der Waals surface area contributed by atoms with Crippen molar-refractivity contribution in [3.8, 4) is 0 Å². The molecule has 6 rings (SSSR count). The van der Waals surface area contributed by atoms with Crippen LogP contribution in [-0.2, 0) is 18.9 Å². The molecule has 0 aromatic heterocycles. The van der Waals surface area contributed by atoms with Crippen LogP contribution >= 0.6 is 0 Å². The fraction of sp³-hybridized carbons (Fsp3) is 0.952. The average molecular weight is 785 g/mol. The molecule has 9 N–H and O–H groups in total. The molecule has 2 aliphatic heterocycles. The number of aliphatic hydroxyl groups excluding tert-OH is 9. The lowest BCUT2D eigenvalue weighted by Crippen LogP contribution is -2.67. The predicted octanol–water partition coefficient (Wildman–Crippen LogP) is 2.15. The van der Waals surface area contributed by atoms with Gasteiger partial charge < -0.3 is 64.9 Å². The van der Waals surface area contributed by atoms with E-state index in [1.807, 2.05) is 20.8 Å². The Kier molecular flexibility index (Phi) is 12.5. The Bertz CT molecular complexity index is 1370. The Balaban J connectivity index is 1.26. The molecule has 318 valence electrons. The summed E-state index contributed by atoms with van der Waals surface area (Å²) in [6, 6.07) is 0. The molecule has 0 aromatic carbocycles. The first-order valence-corrected chi connectivity index (χ1v) is 20.9. The minimum Gasteiger partial charge on any atom is -0.394 e. The topological polar surface area (TPSA) is 219 Å². The molecule has 2 heterocycles. The van der Waals surface area contributed by atoms with E-state index in [0.29, 0.717) is 25.7 Å². The van der Waals surface area contributed by atoms with Gasteiger partial charge in [-0.15, -0.1) is 0 Å². The predicted molar refractivity (Wildman–Crippen MR) is 201 cm³/mol. The van der Waals surface area contributed by atoms with Gasteiger partial charge in [0.05, 0.1) is 31.0 Å². The summed E-state index contributed by atoms with van der Waals surface area (Å²) in [6.07, 6.45) is -5.39. The zero-order valence-corrected chi connectivity index (χ0v) is 34.3. The van der Waals surface area contributed by atoms with Crippen LogP contribution in [0.4, 0.5) is 0 Å². The second-order valence-corrected chi connectivity index (χ2v) is 20.1. The third kappa shape index (κ3) is 7.10. The lowest BCUT2D eigenvalue weighted by atomic mass is 9.35. The van der Waals surface area contributed by atoms with Crippen molar-refractivity contribution in [1.82, 2.24) is 0 Å². The van der Waals surface area contributed by atoms with Crippen LogP contribution < -0.4 is 0 Å². The van der Waals surface area contributed by atoms with Gasteiger partial charge in [0.25, 0.3) is 0 Å². The molecule has 0 aromatic rings. The van der Waals surface area contributed by atoms with Crippen LogP contribution in [0.5, 0.6) is 0 Å². The van der Waals surface area contributed by atoms with E-state index in [1.54, 1.807) is 0 Å². The maximum Gasteiger partial charge on any atom is 0.187 e. The molecule has 4 saturated carbocycles. The highest BCUT2D eigenvalue weighted by Crippen LogP contribution is 2.76. The normalized spacial score (nSPS) is 52.0. The molecule has 0 spiro atoms. The van der Waals surface area contributed by atoms with E-state index in [9.17, 15) is 46.0 Å². The number of fused-ring (bicyclic) bond motifs is 5. The summed E-state index contributed by atoms with van der Waals surface area (Å²) in [5.41, 5.74) is -0.592. The first-order valence-electron chi connectivity index (χ1n) is 20.9. The maximum atomic E-state index is 12.5. The molecule has 55 heavy (non-hydrogen) atoms. The fourth-order valence-electron chi connectivity index (χ4n) is 13.4. The van der Waals surface area contributed by atoms with Crippen LogP contribution in [0.25, 0.3) is 0 Å². The Morgan fingerprint density at radius 1 is 0.709 bits per heavy atom. The number of hydrogen-bond donors (Lipinski definition) is 9. The summed E-state index contributed by atoms with van der Waals surface area (Å²) >= 11 is 0. The summed E-state index contributed by atoms with van der Waals surface area (Å²) in [5, 5.41) is 95.9. The van der Waals surface area contributed by atoms with Crippen molar-refractivity contribution in [2.45, 2.75) is 192 Å². The molecular formula is C42H72O13. The monoisotopic (exact) mass is 784 g/mol. The van der Waals surface area contributed by atoms with Gasteiger partial charge in [-0.1, -0.05) is 46.3 Å². The van der Waals surface area contributed by atoms with Crippen molar-refractivity contribution >= 4 is 0 Å². The highest BCUT2D eigenvalue weighted by molar-refractivity contribution is 5.20. The summed E-state index contributed by atoms with van der Waals surface area (Å²) < 4.78 is 24.9. The number of hydrogen-bond acceptors (Lipinski definition) is 13. The molecule has 0 amide bonds. The lowest BCUT2D eigenvalue weighted by Gasteiger charge is -2.71. The third-order valence-corrected chi connectivity index (χ3v) is 16.7. The molecular weight excluding hydrogens is 712 g/mol. The van der Waals surface area contributed by atoms with Crippen molar-refractivity contribution in [3.63, 3.8) is 0 Å². The van der Waals surface area contributed by atoms with Gasteiger partial charge in [0.1, 0.15) is 48.8 Å². The van der Waals surface area contributed by atoms with E-state index in [1.165, 1.54) is 5.57 Å². The van der Waals surface area contributed by atoms with E-state index in [2.05, 4.69) is 40.7 Å². The Hall–Kier alpha value is -0.780. The highest BCUT2D eigenvalue weighted by atomic mass is 16.7. The minimum atomic E-state index is -1.55. The van der Waals surface area contributed by atoms with Gasteiger partial charge in [-0.2, -0.15) is 0 Å². The van der Waals surface area contributed by atoms with Crippen molar-refractivity contribution in [3.05, 3.63) is 11.6 Å². The molecule has 0 radical (unpaired) electrons. The fourth-order valence-corrected chi connectivity index (χ4v) is 13.4. The van der Waals surface area contributed by atoms with E-state index in [0.717, 1.165) is 32.1 Å². The SMILES string of the molecule is CC(C)=CCC[C@](C)(O[C@H]1O[C@H](CO)[C@@H](O)[C@H](O)[C@H]1O)[C@H]1CC[C@]2(C)[C@@H]1[C@H](O)C[C@@H]1[C@@]3(C)CC[C@H](O[C@H]4O[C@H](CO)[C@@H](O)[C@H](O)[C@H]4O)C(C)(C)[C@H]3CC[C@]12C. The van der Waals surface area contributed by atoms with E-state index in [4.69, 9.17) is 18.9 Å². The van der Waals surface area contributed by atoms with Crippen molar-refractivity contribution in [2.75, 3.05) is 13.2 Å². The van der Waals surface area contributed by atoms with Crippen LogP contribution in [0.3, 0.4) is 0 Å². The zero-order chi connectivity index (χ0) is 40.6. The first kappa shape index (κ1) is 43.8. The summed E-state index contributed by atoms with van der Waals surface area (Å²) in [7, 11) is 0. The second kappa shape index (κ2) is 15.7. The molecule has 13 nitrogen and oxygen atoms in total. The standard InChI is InChI=1S/C42H72O13/c1-21(2)10-9-14-42(8,55-37-35(51)33(49)31(47)25(20-44)53-37)22-11-16-41(7)29(22)23(45)18-27-39(5)15-13-28(38(3,4)26(39)12-17-40(27,41)6)54-36-34(50)32(48)30(46)24(19-43)52-36/h10,22-37,43-51H,9,11-20H2,1-8H3/t22-,23+,24+,25+,26+,27+,28-,29-,30+,31+,32-,33-,34+,35+,36+,37+,39-,40+,41+,42-/m0/s1. The molecule has 2 saturated heterocycles. The van der Waals surface area contributed by atoms with Gasteiger partial charge in [-0.25, -0.2) is 0 Å². The van der Waals surface area contributed by atoms with Gasteiger partial charge >= 0.3 is 0 Å². The summed E-state index contributed by atoms with van der Waals surface area (Å²) in [4.78, 5) is 0. The smallest absolute Gasteiger partial charge is 0.187 e. The van der Waals surface area contributed by atoms with Gasteiger partial charge in [-0.05, 0) is 124 Å².